The molecule has 24 heavy (non-hydrogen) atoms. The highest BCUT2D eigenvalue weighted by Crippen LogP contribution is 2.36. The van der Waals surface area contributed by atoms with E-state index >= 15 is 0 Å². The lowest BCUT2D eigenvalue weighted by Gasteiger charge is -2.35. The first-order valence-electron chi connectivity index (χ1n) is 7.72. The van der Waals surface area contributed by atoms with Gasteiger partial charge in [0, 0.05) is 13.0 Å². The van der Waals surface area contributed by atoms with Gasteiger partial charge in [0.05, 0.1) is 18.7 Å². The molecule has 1 N–H and O–H groups in total. The van der Waals surface area contributed by atoms with Gasteiger partial charge in [0.1, 0.15) is 12.1 Å². The van der Waals surface area contributed by atoms with E-state index in [4.69, 9.17) is 4.74 Å². The fourth-order valence-corrected chi connectivity index (χ4v) is 3.09. The van der Waals surface area contributed by atoms with Crippen molar-refractivity contribution in [3.8, 4) is 0 Å². The van der Waals surface area contributed by atoms with Gasteiger partial charge < -0.3 is 15.0 Å². The summed E-state index contributed by atoms with van der Waals surface area (Å²) in [5.74, 6) is -0.445. The molecule has 0 radical (unpaired) electrons. The Morgan fingerprint density at radius 1 is 1.29 bits per heavy atom. The highest BCUT2D eigenvalue weighted by molar-refractivity contribution is 5.90. The molecular weight excluding hydrogens is 325 g/mol. The van der Waals surface area contributed by atoms with Gasteiger partial charge in [0.15, 0.2) is 0 Å². The second-order valence-electron chi connectivity index (χ2n) is 5.89. The molecule has 1 aromatic rings. The molecule has 2 amide bonds. The number of ether oxygens (including phenoxy) is 1. The molecule has 5 nitrogen and oxygen atoms in total. The number of nitrogens with zero attached hydrogens (tertiary/aromatic N) is 1. The zero-order valence-corrected chi connectivity index (χ0v) is 12.8. The monoisotopic (exact) mass is 342 g/mol. The number of amides is 2. The lowest BCUT2D eigenvalue weighted by Crippen LogP contribution is -2.49. The number of benzene rings is 1. The van der Waals surface area contributed by atoms with E-state index in [9.17, 15) is 22.8 Å². The number of alkyl halides is 3. The van der Waals surface area contributed by atoms with Crippen LogP contribution in [0.25, 0.3) is 0 Å². The topological polar surface area (TPSA) is 58.6 Å². The van der Waals surface area contributed by atoms with Crippen molar-refractivity contribution >= 4 is 11.8 Å². The van der Waals surface area contributed by atoms with E-state index in [1.54, 1.807) is 0 Å². The molecule has 2 saturated heterocycles. The number of rotatable bonds is 2. The Balaban J connectivity index is 1.77. The highest BCUT2D eigenvalue weighted by Gasteiger charge is 2.38. The molecule has 0 unspecified atom stereocenters. The summed E-state index contributed by atoms with van der Waals surface area (Å²) >= 11 is 0. The average molecular weight is 342 g/mol. The Hall–Kier alpha value is -2.09. The van der Waals surface area contributed by atoms with Gasteiger partial charge in [-0.2, -0.15) is 13.2 Å². The second kappa shape index (κ2) is 6.43. The number of carbonyl (C=O) groups excluding carboxylic acids is 2. The van der Waals surface area contributed by atoms with Crippen LogP contribution in [0.5, 0.6) is 0 Å². The molecule has 130 valence electrons. The maximum absolute atomic E-state index is 13.2. The van der Waals surface area contributed by atoms with E-state index in [1.165, 1.54) is 23.1 Å². The highest BCUT2D eigenvalue weighted by atomic mass is 19.4. The molecule has 0 aliphatic carbocycles. The normalized spacial score (nSPS) is 24.8. The first-order chi connectivity index (χ1) is 11.4. The Kier molecular flexibility index (Phi) is 4.49. The van der Waals surface area contributed by atoms with Crippen LogP contribution in [0, 0.1) is 0 Å². The lowest BCUT2D eigenvalue weighted by molar-refractivity contribution is -0.145. The van der Waals surface area contributed by atoms with Gasteiger partial charge in [-0.3, -0.25) is 9.59 Å². The second-order valence-corrected chi connectivity index (χ2v) is 5.89. The first kappa shape index (κ1) is 16.8. The minimum Gasteiger partial charge on any atom is -0.370 e. The SMILES string of the molecule is O=C1CC[C@H](C(=O)N2CCO[C@@H](c3ccccc3C(F)(F)F)C2)N1. The van der Waals surface area contributed by atoms with Crippen molar-refractivity contribution in [3.05, 3.63) is 35.4 Å². The largest absolute Gasteiger partial charge is 0.416 e. The molecule has 0 bridgehead atoms. The third kappa shape index (κ3) is 3.38. The smallest absolute Gasteiger partial charge is 0.370 e. The van der Waals surface area contributed by atoms with Crippen molar-refractivity contribution in [2.45, 2.75) is 31.2 Å². The molecule has 0 spiro atoms. The van der Waals surface area contributed by atoms with Crippen LogP contribution in [0.4, 0.5) is 13.2 Å². The maximum atomic E-state index is 13.2. The summed E-state index contributed by atoms with van der Waals surface area (Å²) in [6.45, 7) is 0.497. The average Bonchev–Trinajstić information content (AvgIpc) is 3.00. The zero-order valence-electron chi connectivity index (χ0n) is 12.8. The fourth-order valence-electron chi connectivity index (χ4n) is 3.09. The quantitative estimate of drug-likeness (QED) is 0.893. The molecular formula is C16H17F3N2O3. The molecule has 0 saturated carbocycles. The fraction of sp³-hybridized carbons (Fsp3) is 0.500. The van der Waals surface area contributed by atoms with Crippen molar-refractivity contribution < 1.29 is 27.5 Å². The van der Waals surface area contributed by atoms with Crippen LogP contribution in [0.15, 0.2) is 24.3 Å². The standard InChI is InChI=1S/C16H17F3N2O3/c17-16(18,19)11-4-2-1-3-10(11)13-9-21(7-8-24-13)15(23)12-5-6-14(22)20-12/h1-4,12-13H,5-9H2,(H,20,22)/t12-,13-/m1/s1. The van der Waals surface area contributed by atoms with E-state index < -0.39 is 23.9 Å². The number of hydrogen-bond donors (Lipinski definition) is 1. The Bertz CT molecular complexity index is 648. The third-order valence-electron chi connectivity index (χ3n) is 4.28. The molecule has 2 fully saturated rings. The van der Waals surface area contributed by atoms with Crippen LogP contribution >= 0.6 is 0 Å². The van der Waals surface area contributed by atoms with E-state index in [0.29, 0.717) is 19.4 Å². The molecule has 2 aliphatic rings. The Morgan fingerprint density at radius 3 is 2.71 bits per heavy atom. The van der Waals surface area contributed by atoms with Crippen molar-refractivity contribution in [2.75, 3.05) is 19.7 Å². The van der Waals surface area contributed by atoms with E-state index in [0.717, 1.165) is 6.07 Å². The van der Waals surface area contributed by atoms with E-state index in [1.807, 2.05) is 0 Å². The van der Waals surface area contributed by atoms with Crippen molar-refractivity contribution in [3.63, 3.8) is 0 Å². The zero-order chi connectivity index (χ0) is 17.3. The van der Waals surface area contributed by atoms with Gasteiger partial charge in [-0.1, -0.05) is 18.2 Å². The van der Waals surface area contributed by atoms with Crippen LogP contribution in [0.1, 0.15) is 30.1 Å². The van der Waals surface area contributed by atoms with Gasteiger partial charge >= 0.3 is 6.18 Å². The van der Waals surface area contributed by atoms with Gasteiger partial charge in [-0.15, -0.1) is 0 Å². The third-order valence-corrected chi connectivity index (χ3v) is 4.28. The maximum Gasteiger partial charge on any atom is 0.416 e. The molecule has 2 atom stereocenters. The summed E-state index contributed by atoms with van der Waals surface area (Å²) < 4.78 is 45.0. The van der Waals surface area contributed by atoms with E-state index in [-0.39, 0.29) is 30.5 Å². The summed E-state index contributed by atoms with van der Waals surface area (Å²) in [4.78, 5) is 25.2. The molecule has 8 heteroatoms. The minimum absolute atomic E-state index is 0.0259. The van der Waals surface area contributed by atoms with Gasteiger partial charge in [0.2, 0.25) is 11.8 Å². The van der Waals surface area contributed by atoms with Gasteiger partial charge in [0.25, 0.3) is 0 Å². The molecule has 1 aromatic carbocycles. The van der Waals surface area contributed by atoms with Crippen molar-refractivity contribution in [2.24, 2.45) is 0 Å². The Labute approximate surface area is 136 Å². The van der Waals surface area contributed by atoms with Crippen LogP contribution in [-0.4, -0.2) is 42.5 Å². The predicted octanol–water partition coefficient (Wildman–Crippen LogP) is 1.88. The number of halogens is 3. The van der Waals surface area contributed by atoms with Crippen LogP contribution < -0.4 is 5.32 Å². The van der Waals surface area contributed by atoms with Crippen molar-refractivity contribution in [1.29, 1.82) is 0 Å². The van der Waals surface area contributed by atoms with E-state index in [2.05, 4.69) is 5.32 Å². The van der Waals surface area contributed by atoms with Gasteiger partial charge in [-0.05, 0) is 18.1 Å². The van der Waals surface area contributed by atoms with Crippen LogP contribution in [0.3, 0.4) is 0 Å². The number of hydrogen-bond acceptors (Lipinski definition) is 3. The molecule has 3 rings (SSSR count). The number of carbonyl (C=O) groups is 2. The number of morpholine rings is 1. The lowest BCUT2D eigenvalue weighted by atomic mass is 10.00. The Morgan fingerprint density at radius 2 is 2.04 bits per heavy atom. The van der Waals surface area contributed by atoms with Crippen LogP contribution in [-0.2, 0) is 20.5 Å². The predicted molar refractivity (Wildman–Crippen MR) is 77.9 cm³/mol. The summed E-state index contributed by atoms with van der Waals surface area (Å²) in [5.41, 5.74) is -0.726. The molecule has 0 aromatic heterocycles. The number of nitrogens with one attached hydrogen (secondary N) is 1. The molecule has 2 aliphatic heterocycles. The van der Waals surface area contributed by atoms with Crippen molar-refractivity contribution in [1.82, 2.24) is 10.2 Å². The summed E-state index contributed by atoms with van der Waals surface area (Å²) in [6.07, 6.45) is -4.61. The summed E-state index contributed by atoms with van der Waals surface area (Å²) in [5, 5.41) is 2.59. The first-order valence-corrected chi connectivity index (χ1v) is 7.72. The van der Waals surface area contributed by atoms with Crippen LogP contribution in [0.2, 0.25) is 0 Å². The van der Waals surface area contributed by atoms with Gasteiger partial charge in [-0.25, -0.2) is 0 Å². The molecule has 2 heterocycles. The summed E-state index contributed by atoms with van der Waals surface area (Å²) in [7, 11) is 0. The minimum atomic E-state index is -4.48. The summed E-state index contributed by atoms with van der Waals surface area (Å²) in [6, 6.07) is 4.64.